The minimum atomic E-state index is -0.200. The van der Waals surface area contributed by atoms with Crippen LogP contribution in [-0.2, 0) is 6.54 Å². The van der Waals surface area contributed by atoms with Gasteiger partial charge in [0, 0.05) is 45.5 Å². The van der Waals surface area contributed by atoms with Crippen LogP contribution in [-0.4, -0.2) is 51.2 Å². The van der Waals surface area contributed by atoms with Crippen molar-refractivity contribution in [2.24, 2.45) is 4.99 Å². The number of ether oxygens (including phenoxy) is 1. The number of nitrogens with zero attached hydrogens (tertiary/aromatic N) is 3. The molecule has 1 fully saturated rings. The topological polar surface area (TPSA) is 40.1 Å². The van der Waals surface area contributed by atoms with Crippen LogP contribution < -0.4 is 15.0 Å². The first-order chi connectivity index (χ1) is 12.7. The number of benzene rings is 2. The summed E-state index contributed by atoms with van der Waals surface area (Å²) in [6.07, 6.45) is 0. The minimum Gasteiger partial charge on any atom is -0.497 e. The fourth-order valence-electron chi connectivity index (χ4n) is 3.12. The predicted octanol–water partition coefficient (Wildman–Crippen LogP) is 3.35. The molecule has 0 atom stereocenters. The smallest absolute Gasteiger partial charge is 0.194 e. The number of methoxy groups -OCH3 is 1. The van der Waals surface area contributed by atoms with Gasteiger partial charge in [-0.1, -0.05) is 12.1 Å². The van der Waals surface area contributed by atoms with Crippen LogP contribution in [0.1, 0.15) is 5.56 Å². The molecule has 1 aliphatic heterocycles. The molecule has 5 nitrogen and oxygen atoms in total. The minimum absolute atomic E-state index is 0. The summed E-state index contributed by atoms with van der Waals surface area (Å²) in [5.41, 5.74) is 2.21. The lowest BCUT2D eigenvalue weighted by molar-refractivity contribution is 0.372. The van der Waals surface area contributed by atoms with Gasteiger partial charge in [-0.15, -0.1) is 24.0 Å². The summed E-state index contributed by atoms with van der Waals surface area (Å²) >= 11 is 0. The molecule has 27 heavy (non-hydrogen) atoms. The van der Waals surface area contributed by atoms with E-state index in [9.17, 15) is 4.39 Å². The Bertz CT molecular complexity index is 746. The third kappa shape index (κ3) is 5.72. The zero-order valence-electron chi connectivity index (χ0n) is 15.7. The Balaban J connectivity index is 0.00000261. The summed E-state index contributed by atoms with van der Waals surface area (Å²) in [5, 5.41) is 3.42. The van der Waals surface area contributed by atoms with Crippen molar-refractivity contribution in [1.82, 2.24) is 10.2 Å². The van der Waals surface area contributed by atoms with Crippen LogP contribution in [0.4, 0.5) is 10.1 Å². The normalized spacial score (nSPS) is 14.6. The van der Waals surface area contributed by atoms with Gasteiger partial charge in [-0.25, -0.2) is 4.39 Å². The number of nitrogens with one attached hydrogen (secondary N) is 1. The first kappa shape index (κ1) is 21.3. The van der Waals surface area contributed by atoms with E-state index in [4.69, 9.17) is 4.74 Å². The third-order valence-electron chi connectivity index (χ3n) is 4.57. The summed E-state index contributed by atoms with van der Waals surface area (Å²) < 4.78 is 18.3. The molecule has 7 heteroatoms. The van der Waals surface area contributed by atoms with E-state index < -0.39 is 0 Å². The third-order valence-corrected chi connectivity index (χ3v) is 4.57. The summed E-state index contributed by atoms with van der Waals surface area (Å²) in [5.74, 6) is 1.55. The molecule has 2 aromatic carbocycles. The molecular formula is C20H26FIN4O. The molecule has 0 saturated carbocycles. The number of anilines is 1. The average Bonchev–Trinajstić information content (AvgIpc) is 2.70. The standard InChI is InChI=1S/C20H25FN4O.HI/c1-22-20(23-15-16-4-3-5-19(14-16)26-2)25-12-10-24(11-13-25)18-8-6-17(21)7-9-18;/h3-9,14H,10-13,15H2,1-2H3,(H,22,23);1H. The molecule has 0 aliphatic carbocycles. The first-order valence-electron chi connectivity index (χ1n) is 8.78. The molecule has 0 aromatic heterocycles. The van der Waals surface area contributed by atoms with Crippen LogP contribution in [0.15, 0.2) is 53.5 Å². The van der Waals surface area contributed by atoms with Gasteiger partial charge in [0.25, 0.3) is 0 Å². The zero-order valence-corrected chi connectivity index (χ0v) is 18.0. The van der Waals surface area contributed by atoms with Gasteiger partial charge in [0.1, 0.15) is 11.6 Å². The first-order valence-corrected chi connectivity index (χ1v) is 8.78. The van der Waals surface area contributed by atoms with Crippen LogP contribution in [0.5, 0.6) is 5.75 Å². The highest BCUT2D eigenvalue weighted by Gasteiger charge is 2.19. The number of halogens is 2. The number of piperazine rings is 1. The Labute approximate surface area is 177 Å². The van der Waals surface area contributed by atoms with Crippen molar-refractivity contribution in [3.8, 4) is 5.75 Å². The molecule has 2 aromatic rings. The van der Waals surface area contributed by atoms with Gasteiger partial charge < -0.3 is 19.9 Å². The van der Waals surface area contributed by atoms with E-state index in [1.54, 1.807) is 14.2 Å². The Kier molecular flexibility index (Phi) is 8.15. The molecule has 0 spiro atoms. The van der Waals surface area contributed by atoms with Crippen molar-refractivity contribution >= 4 is 35.6 Å². The van der Waals surface area contributed by atoms with E-state index in [1.807, 2.05) is 30.3 Å². The average molecular weight is 484 g/mol. The van der Waals surface area contributed by atoms with E-state index in [0.29, 0.717) is 6.54 Å². The number of rotatable bonds is 4. The molecule has 0 bridgehead atoms. The number of hydrogen-bond donors (Lipinski definition) is 1. The number of guanidine groups is 1. The van der Waals surface area contributed by atoms with Gasteiger partial charge >= 0.3 is 0 Å². The molecule has 0 radical (unpaired) electrons. The zero-order chi connectivity index (χ0) is 18.4. The lowest BCUT2D eigenvalue weighted by Gasteiger charge is -2.37. The van der Waals surface area contributed by atoms with Crippen LogP contribution >= 0.6 is 24.0 Å². The quantitative estimate of drug-likeness (QED) is 0.411. The largest absolute Gasteiger partial charge is 0.497 e. The van der Waals surface area contributed by atoms with E-state index in [-0.39, 0.29) is 29.8 Å². The van der Waals surface area contributed by atoms with Crippen molar-refractivity contribution in [3.05, 3.63) is 59.9 Å². The molecule has 0 amide bonds. The molecule has 0 unspecified atom stereocenters. The van der Waals surface area contributed by atoms with E-state index in [1.165, 1.54) is 12.1 Å². The summed E-state index contributed by atoms with van der Waals surface area (Å²) in [7, 11) is 3.48. The van der Waals surface area contributed by atoms with Crippen molar-refractivity contribution in [2.45, 2.75) is 6.54 Å². The lowest BCUT2D eigenvalue weighted by atomic mass is 10.2. The number of aliphatic imine (C=N–C) groups is 1. The number of hydrogen-bond acceptors (Lipinski definition) is 3. The Morgan fingerprint density at radius 1 is 1.11 bits per heavy atom. The van der Waals surface area contributed by atoms with Crippen molar-refractivity contribution in [2.75, 3.05) is 45.2 Å². The Morgan fingerprint density at radius 3 is 2.44 bits per heavy atom. The van der Waals surface area contributed by atoms with Crippen LogP contribution in [0.2, 0.25) is 0 Å². The Morgan fingerprint density at radius 2 is 1.81 bits per heavy atom. The van der Waals surface area contributed by atoms with Crippen LogP contribution in [0, 0.1) is 5.82 Å². The SMILES string of the molecule is CN=C(NCc1cccc(OC)c1)N1CCN(c2ccc(F)cc2)CC1.I. The van der Waals surface area contributed by atoms with Crippen LogP contribution in [0.3, 0.4) is 0 Å². The van der Waals surface area contributed by atoms with Crippen molar-refractivity contribution in [1.29, 1.82) is 0 Å². The second kappa shape index (κ2) is 10.3. The van der Waals surface area contributed by atoms with Gasteiger partial charge in [-0.3, -0.25) is 4.99 Å². The van der Waals surface area contributed by atoms with Gasteiger partial charge in [0.2, 0.25) is 0 Å². The van der Waals surface area contributed by atoms with Gasteiger partial charge in [0.15, 0.2) is 5.96 Å². The maximum Gasteiger partial charge on any atom is 0.194 e. The molecule has 1 heterocycles. The Hall–Kier alpha value is -2.03. The fraction of sp³-hybridized carbons (Fsp3) is 0.350. The molecule has 146 valence electrons. The van der Waals surface area contributed by atoms with E-state index >= 15 is 0 Å². The highest BCUT2D eigenvalue weighted by Crippen LogP contribution is 2.17. The molecule has 1 saturated heterocycles. The highest BCUT2D eigenvalue weighted by molar-refractivity contribution is 14.0. The maximum absolute atomic E-state index is 13.1. The van der Waals surface area contributed by atoms with E-state index in [0.717, 1.165) is 49.1 Å². The lowest BCUT2D eigenvalue weighted by Crippen LogP contribution is -2.52. The highest BCUT2D eigenvalue weighted by atomic mass is 127. The van der Waals surface area contributed by atoms with Gasteiger partial charge in [0.05, 0.1) is 7.11 Å². The molecule has 1 N–H and O–H groups in total. The fourth-order valence-corrected chi connectivity index (χ4v) is 3.12. The maximum atomic E-state index is 13.1. The van der Waals surface area contributed by atoms with Crippen molar-refractivity contribution < 1.29 is 9.13 Å². The molecule has 1 aliphatic rings. The monoisotopic (exact) mass is 484 g/mol. The van der Waals surface area contributed by atoms with Crippen molar-refractivity contribution in [3.63, 3.8) is 0 Å². The summed E-state index contributed by atoms with van der Waals surface area (Å²) in [6.45, 7) is 4.20. The molecular weight excluding hydrogens is 458 g/mol. The molecule has 3 rings (SSSR count). The van der Waals surface area contributed by atoms with Crippen LogP contribution in [0.25, 0.3) is 0 Å². The van der Waals surface area contributed by atoms with E-state index in [2.05, 4.69) is 26.2 Å². The second-order valence-corrected chi connectivity index (χ2v) is 6.20. The van der Waals surface area contributed by atoms with Gasteiger partial charge in [-0.2, -0.15) is 0 Å². The van der Waals surface area contributed by atoms with Gasteiger partial charge in [-0.05, 0) is 42.0 Å². The predicted molar refractivity (Wildman–Crippen MR) is 119 cm³/mol. The summed E-state index contributed by atoms with van der Waals surface area (Å²) in [6, 6.07) is 14.7. The summed E-state index contributed by atoms with van der Waals surface area (Å²) in [4.78, 5) is 8.93. The second-order valence-electron chi connectivity index (χ2n) is 6.20.